The van der Waals surface area contributed by atoms with Crippen molar-refractivity contribution in [3.05, 3.63) is 23.3 Å². The van der Waals surface area contributed by atoms with Crippen LogP contribution in [0.2, 0.25) is 0 Å². The first-order valence-corrected chi connectivity index (χ1v) is 6.82. The number of ether oxygens (including phenoxy) is 1. The van der Waals surface area contributed by atoms with Crippen LogP contribution >= 0.6 is 0 Å². The maximum absolute atomic E-state index is 5.70. The van der Waals surface area contributed by atoms with Crippen LogP contribution in [0.1, 0.15) is 41.0 Å². The van der Waals surface area contributed by atoms with Crippen LogP contribution in [0.3, 0.4) is 0 Å². The van der Waals surface area contributed by atoms with Crippen LogP contribution in [-0.4, -0.2) is 12.7 Å². The van der Waals surface area contributed by atoms with Crippen molar-refractivity contribution in [2.45, 2.75) is 46.6 Å². The molecule has 0 aromatic rings. The minimum Gasteiger partial charge on any atom is -0.374 e. The molecule has 1 nitrogen and oxygen atoms in total. The lowest BCUT2D eigenvalue weighted by Gasteiger charge is -2.46. The highest BCUT2D eigenvalue weighted by Gasteiger charge is 2.42. The molecule has 0 aromatic heterocycles. The molecule has 0 spiro atoms. The van der Waals surface area contributed by atoms with E-state index in [1.807, 2.05) is 7.11 Å². The van der Waals surface area contributed by atoms with Crippen LogP contribution in [0.25, 0.3) is 0 Å². The largest absolute Gasteiger partial charge is 0.374 e. The second kappa shape index (κ2) is 4.28. The fraction of sp³-hybridized carbons (Fsp3) is 0.750. The molecule has 0 fully saturated rings. The van der Waals surface area contributed by atoms with Crippen molar-refractivity contribution < 1.29 is 4.74 Å². The van der Waals surface area contributed by atoms with Gasteiger partial charge in [-0.3, -0.25) is 0 Å². The highest BCUT2D eigenvalue weighted by molar-refractivity contribution is 5.36. The predicted molar refractivity (Wildman–Crippen MR) is 72.9 cm³/mol. The molecule has 96 valence electrons. The lowest BCUT2D eigenvalue weighted by atomic mass is 9.61. The van der Waals surface area contributed by atoms with E-state index in [0.717, 1.165) is 11.8 Å². The Balaban J connectivity index is 2.36. The normalized spacial score (nSPS) is 32.8. The van der Waals surface area contributed by atoms with Crippen LogP contribution in [-0.2, 0) is 4.74 Å². The van der Waals surface area contributed by atoms with E-state index in [4.69, 9.17) is 4.74 Å². The van der Waals surface area contributed by atoms with Gasteiger partial charge in [0, 0.05) is 13.0 Å². The van der Waals surface area contributed by atoms with Crippen molar-refractivity contribution in [2.24, 2.45) is 23.7 Å². The molecule has 0 amide bonds. The molecule has 3 aliphatic rings. The Morgan fingerprint density at radius 1 is 1.29 bits per heavy atom. The van der Waals surface area contributed by atoms with Gasteiger partial charge in [-0.25, -0.2) is 0 Å². The Hall–Kier alpha value is -0.560. The summed E-state index contributed by atoms with van der Waals surface area (Å²) in [5.41, 5.74) is 2.94. The average molecular weight is 234 g/mol. The van der Waals surface area contributed by atoms with E-state index < -0.39 is 0 Å². The van der Waals surface area contributed by atoms with Gasteiger partial charge in [0.2, 0.25) is 0 Å². The van der Waals surface area contributed by atoms with E-state index >= 15 is 0 Å². The van der Waals surface area contributed by atoms with Gasteiger partial charge in [-0.1, -0.05) is 31.6 Å². The van der Waals surface area contributed by atoms with Crippen molar-refractivity contribution >= 4 is 0 Å². The molecule has 2 bridgehead atoms. The van der Waals surface area contributed by atoms with E-state index in [2.05, 4.69) is 46.8 Å². The van der Waals surface area contributed by atoms with Gasteiger partial charge in [0.15, 0.2) is 0 Å². The zero-order valence-corrected chi connectivity index (χ0v) is 12.1. The first-order valence-electron chi connectivity index (χ1n) is 6.82. The minimum atomic E-state index is -0.117. The molecule has 1 heteroatoms. The van der Waals surface area contributed by atoms with Gasteiger partial charge in [0.1, 0.15) is 0 Å². The van der Waals surface area contributed by atoms with E-state index in [-0.39, 0.29) is 5.60 Å². The molecule has 0 saturated heterocycles. The molecule has 0 N–H and O–H groups in total. The van der Waals surface area contributed by atoms with Gasteiger partial charge in [0.25, 0.3) is 0 Å². The number of rotatable bonds is 3. The van der Waals surface area contributed by atoms with Crippen LogP contribution in [0, 0.1) is 23.7 Å². The summed E-state index contributed by atoms with van der Waals surface area (Å²) in [5.74, 6) is 2.79. The number of hydrogen-bond donors (Lipinski definition) is 0. The Kier molecular flexibility index (Phi) is 3.24. The Morgan fingerprint density at radius 2 is 1.94 bits per heavy atom. The van der Waals surface area contributed by atoms with Crippen LogP contribution in [0.4, 0.5) is 0 Å². The van der Waals surface area contributed by atoms with Crippen molar-refractivity contribution in [3.63, 3.8) is 0 Å². The third kappa shape index (κ3) is 2.10. The van der Waals surface area contributed by atoms with Gasteiger partial charge < -0.3 is 4.74 Å². The molecule has 17 heavy (non-hydrogen) atoms. The zero-order valence-electron chi connectivity index (χ0n) is 12.1. The highest BCUT2D eigenvalue weighted by Crippen LogP contribution is 2.49. The number of fused-ring (bicyclic) bond motifs is 1. The van der Waals surface area contributed by atoms with Crippen LogP contribution < -0.4 is 0 Å². The van der Waals surface area contributed by atoms with E-state index in [0.29, 0.717) is 11.8 Å². The van der Waals surface area contributed by atoms with Gasteiger partial charge in [-0.2, -0.15) is 0 Å². The average Bonchev–Trinajstić information content (AvgIpc) is 2.28. The summed E-state index contributed by atoms with van der Waals surface area (Å²) in [6, 6.07) is 0. The van der Waals surface area contributed by atoms with Gasteiger partial charge in [0.05, 0.1) is 5.60 Å². The summed E-state index contributed by atoms with van der Waals surface area (Å²) in [4.78, 5) is 0. The topological polar surface area (TPSA) is 9.23 Å². The Bertz CT molecular complexity index is 360. The molecule has 0 unspecified atom stereocenters. The van der Waals surface area contributed by atoms with Crippen LogP contribution in [0.15, 0.2) is 23.3 Å². The number of methoxy groups -OCH3 is 1. The van der Waals surface area contributed by atoms with Gasteiger partial charge in [-0.05, 0) is 50.5 Å². The monoisotopic (exact) mass is 234 g/mol. The lowest BCUT2D eigenvalue weighted by Crippen LogP contribution is -2.40. The zero-order chi connectivity index (χ0) is 12.8. The summed E-state index contributed by atoms with van der Waals surface area (Å²) in [7, 11) is 1.82. The maximum Gasteiger partial charge on any atom is 0.0837 e. The van der Waals surface area contributed by atoms with Crippen molar-refractivity contribution in [1.82, 2.24) is 0 Å². The molecule has 0 aliphatic heterocycles. The Labute approximate surface area is 106 Å². The fourth-order valence-electron chi connectivity index (χ4n) is 3.41. The van der Waals surface area contributed by atoms with E-state index in [1.165, 1.54) is 12.0 Å². The lowest BCUT2D eigenvalue weighted by molar-refractivity contribution is 0.0370. The molecule has 0 saturated carbocycles. The number of hydrogen-bond acceptors (Lipinski definition) is 1. The smallest absolute Gasteiger partial charge is 0.0837 e. The molecular formula is C16H26O. The molecule has 0 aromatic carbocycles. The van der Waals surface area contributed by atoms with Crippen molar-refractivity contribution in [2.75, 3.05) is 7.11 Å². The molecule has 3 aliphatic carbocycles. The van der Waals surface area contributed by atoms with Gasteiger partial charge >= 0.3 is 0 Å². The first kappa shape index (κ1) is 12.9. The second-order valence-electron chi connectivity index (χ2n) is 6.52. The first-order chi connectivity index (χ1) is 7.86. The summed E-state index contributed by atoms with van der Waals surface area (Å²) in [6.45, 7) is 11.4. The summed E-state index contributed by atoms with van der Waals surface area (Å²) >= 11 is 0. The summed E-state index contributed by atoms with van der Waals surface area (Å²) in [6.07, 6.45) is 6.30. The SMILES string of the molecule is COC(C)(C)C1=C[C@H]2C[C@H](C(C)C)[C@@H]1C=C2C. The number of allylic oxidation sites excluding steroid dienone is 3. The third-order valence-electron chi connectivity index (χ3n) is 4.82. The molecule has 0 heterocycles. The standard InChI is InChI=1S/C16H26O/c1-10(2)13-8-12-9-15(16(4,5)17-6)14(13)7-11(12)3/h7,9-10,12-14H,8H2,1-6H3/t12-,13-,14+/m1/s1. The third-order valence-corrected chi connectivity index (χ3v) is 4.82. The van der Waals surface area contributed by atoms with Gasteiger partial charge in [-0.15, -0.1) is 0 Å². The summed E-state index contributed by atoms with van der Waals surface area (Å²) in [5, 5.41) is 0. The van der Waals surface area contributed by atoms with E-state index in [9.17, 15) is 0 Å². The molecule has 3 rings (SSSR count). The molecule has 3 atom stereocenters. The van der Waals surface area contributed by atoms with Crippen molar-refractivity contribution in [1.29, 1.82) is 0 Å². The predicted octanol–water partition coefficient (Wildman–Crippen LogP) is 4.21. The quantitative estimate of drug-likeness (QED) is 0.665. The fourth-order valence-corrected chi connectivity index (χ4v) is 3.41. The highest BCUT2D eigenvalue weighted by atomic mass is 16.5. The molecule has 0 radical (unpaired) electrons. The van der Waals surface area contributed by atoms with E-state index in [1.54, 1.807) is 5.57 Å². The summed E-state index contributed by atoms with van der Waals surface area (Å²) < 4.78 is 5.70. The minimum absolute atomic E-state index is 0.117. The molecular weight excluding hydrogens is 208 g/mol. The van der Waals surface area contributed by atoms with Crippen LogP contribution in [0.5, 0.6) is 0 Å². The Morgan fingerprint density at radius 3 is 2.41 bits per heavy atom. The maximum atomic E-state index is 5.70. The second-order valence-corrected chi connectivity index (χ2v) is 6.52. The van der Waals surface area contributed by atoms with Crippen molar-refractivity contribution in [3.8, 4) is 0 Å².